The van der Waals surface area contributed by atoms with E-state index in [-0.39, 0.29) is 5.54 Å². The molecule has 1 unspecified atom stereocenters. The molecule has 1 aromatic rings. The van der Waals surface area contributed by atoms with Crippen molar-refractivity contribution in [3.05, 3.63) is 35.4 Å². The molecule has 0 bridgehead atoms. The summed E-state index contributed by atoms with van der Waals surface area (Å²) in [6.45, 7) is 12.3. The minimum absolute atomic E-state index is 0.262. The van der Waals surface area contributed by atoms with Gasteiger partial charge in [0.1, 0.15) is 0 Å². The lowest BCUT2D eigenvalue weighted by Gasteiger charge is -2.26. The van der Waals surface area contributed by atoms with Crippen LogP contribution in [0.25, 0.3) is 0 Å². The van der Waals surface area contributed by atoms with Gasteiger partial charge in [0.2, 0.25) is 0 Å². The second-order valence-corrected chi connectivity index (χ2v) is 7.16. The van der Waals surface area contributed by atoms with E-state index >= 15 is 0 Å². The Hall–Kier alpha value is -0.470. The van der Waals surface area contributed by atoms with Crippen LogP contribution in [0.5, 0.6) is 0 Å². The molecule has 0 heterocycles. The van der Waals surface area contributed by atoms with Gasteiger partial charge in [0, 0.05) is 23.1 Å². The fourth-order valence-corrected chi connectivity index (χ4v) is 2.50. The predicted octanol–water partition coefficient (Wildman–Crippen LogP) is 4.39. The molecule has 1 atom stereocenters. The van der Waals surface area contributed by atoms with Crippen molar-refractivity contribution in [1.29, 1.82) is 0 Å². The first kappa shape index (κ1) is 15.6. The molecular weight excluding hydrogens is 238 g/mol. The van der Waals surface area contributed by atoms with Gasteiger partial charge in [-0.25, -0.2) is 0 Å². The third kappa shape index (κ3) is 5.92. The lowest BCUT2D eigenvalue weighted by Crippen LogP contribution is -2.41. The van der Waals surface area contributed by atoms with Crippen LogP contribution in [0.15, 0.2) is 24.3 Å². The highest BCUT2D eigenvalue weighted by atomic mass is 32.2. The summed E-state index contributed by atoms with van der Waals surface area (Å²) in [5.41, 5.74) is 3.05. The third-order valence-corrected chi connectivity index (χ3v) is 4.60. The molecule has 102 valence electrons. The number of rotatable bonds is 7. The van der Waals surface area contributed by atoms with Gasteiger partial charge in [-0.15, -0.1) is 0 Å². The van der Waals surface area contributed by atoms with Crippen molar-refractivity contribution in [3.63, 3.8) is 0 Å². The van der Waals surface area contributed by atoms with Gasteiger partial charge in [0.25, 0.3) is 0 Å². The van der Waals surface area contributed by atoms with Crippen molar-refractivity contribution in [3.8, 4) is 0 Å². The molecule has 1 N–H and O–H groups in total. The van der Waals surface area contributed by atoms with Crippen LogP contribution < -0.4 is 5.32 Å². The number of hydrogen-bond acceptors (Lipinski definition) is 2. The van der Waals surface area contributed by atoms with Crippen molar-refractivity contribution >= 4 is 11.8 Å². The fraction of sp³-hybridized carbons (Fsp3) is 0.625. The summed E-state index contributed by atoms with van der Waals surface area (Å²) >= 11 is 2.03. The summed E-state index contributed by atoms with van der Waals surface area (Å²) in [6.07, 6.45) is 1.17. The van der Waals surface area contributed by atoms with E-state index in [4.69, 9.17) is 0 Å². The average Bonchev–Trinajstić information content (AvgIpc) is 2.34. The molecule has 0 radical (unpaired) electrons. The average molecular weight is 265 g/mol. The summed E-state index contributed by atoms with van der Waals surface area (Å²) in [6, 6.07) is 8.80. The zero-order valence-electron chi connectivity index (χ0n) is 12.4. The van der Waals surface area contributed by atoms with E-state index in [0.29, 0.717) is 5.25 Å². The Balaban J connectivity index is 2.31. The monoisotopic (exact) mass is 265 g/mol. The number of hydrogen-bond donors (Lipinski definition) is 1. The van der Waals surface area contributed by atoms with Gasteiger partial charge >= 0.3 is 0 Å². The molecular formula is C16H27NS. The van der Waals surface area contributed by atoms with E-state index in [1.807, 2.05) is 11.8 Å². The van der Waals surface area contributed by atoms with E-state index in [1.54, 1.807) is 0 Å². The minimum atomic E-state index is 0.262. The van der Waals surface area contributed by atoms with E-state index in [0.717, 1.165) is 12.3 Å². The maximum absolute atomic E-state index is 3.64. The molecule has 0 aromatic heterocycles. The molecule has 0 aliphatic rings. The second kappa shape index (κ2) is 7.20. The lowest BCUT2D eigenvalue weighted by molar-refractivity contribution is 0.379. The van der Waals surface area contributed by atoms with Crippen LogP contribution in [0.3, 0.4) is 0 Å². The highest BCUT2D eigenvalue weighted by molar-refractivity contribution is 7.99. The first-order chi connectivity index (χ1) is 8.43. The summed E-state index contributed by atoms with van der Waals surface area (Å²) in [4.78, 5) is 0. The molecule has 0 fully saturated rings. The van der Waals surface area contributed by atoms with Crippen LogP contribution in [-0.2, 0) is 5.75 Å². The maximum atomic E-state index is 3.64. The van der Waals surface area contributed by atoms with Crippen LogP contribution in [0.4, 0.5) is 0 Å². The zero-order valence-corrected chi connectivity index (χ0v) is 13.2. The van der Waals surface area contributed by atoms with Crippen molar-refractivity contribution in [2.75, 3.05) is 6.54 Å². The number of nitrogens with one attached hydrogen (secondary N) is 1. The smallest absolute Gasteiger partial charge is 0.0187 e. The quantitative estimate of drug-likeness (QED) is 0.784. The maximum Gasteiger partial charge on any atom is 0.0187 e. The highest BCUT2D eigenvalue weighted by Crippen LogP contribution is 2.19. The number of aryl methyl sites for hydroxylation is 1. The van der Waals surface area contributed by atoms with Crippen LogP contribution in [-0.4, -0.2) is 17.3 Å². The van der Waals surface area contributed by atoms with Gasteiger partial charge in [-0.3, -0.25) is 0 Å². The van der Waals surface area contributed by atoms with Crippen LogP contribution in [0, 0.1) is 6.92 Å². The van der Waals surface area contributed by atoms with Gasteiger partial charge < -0.3 is 5.32 Å². The topological polar surface area (TPSA) is 12.0 Å². The number of benzene rings is 1. The molecule has 0 amide bonds. The van der Waals surface area contributed by atoms with Crippen LogP contribution >= 0.6 is 11.8 Å². The van der Waals surface area contributed by atoms with Gasteiger partial charge in [-0.1, -0.05) is 43.7 Å². The van der Waals surface area contributed by atoms with E-state index in [1.165, 1.54) is 17.5 Å². The minimum Gasteiger partial charge on any atom is -0.311 e. The first-order valence-electron chi connectivity index (χ1n) is 6.85. The lowest BCUT2D eigenvalue weighted by atomic mass is 10.0. The normalized spacial score (nSPS) is 13.6. The van der Waals surface area contributed by atoms with Gasteiger partial charge in [0.15, 0.2) is 0 Å². The second-order valence-electron chi connectivity index (χ2n) is 5.73. The van der Waals surface area contributed by atoms with Gasteiger partial charge in [0.05, 0.1) is 0 Å². The molecule has 0 saturated heterocycles. The molecule has 0 saturated carbocycles. The molecule has 2 heteroatoms. The third-order valence-electron chi connectivity index (χ3n) is 3.37. The van der Waals surface area contributed by atoms with Crippen LogP contribution in [0.2, 0.25) is 0 Å². The number of thioether (sulfide) groups is 1. The predicted molar refractivity (Wildman–Crippen MR) is 84.3 cm³/mol. The molecule has 1 nitrogen and oxygen atoms in total. The molecule has 0 aliphatic carbocycles. The van der Waals surface area contributed by atoms with Gasteiger partial charge in [-0.2, -0.15) is 11.8 Å². The first-order valence-corrected chi connectivity index (χ1v) is 7.90. The summed E-state index contributed by atoms with van der Waals surface area (Å²) < 4.78 is 0. The summed E-state index contributed by atoms with van der Waals surface area (Å²) in [5, 5.41) is 4.28. The molecule has 18 heavy (non-hydrogen) atoms. The Bertz CT molecular complexity index is 360. The molecule has 0 aliphatic heterocycles. The highest BCUT2D eigenvalue weighted by Gasteiger charge is 2.15. The Morgan fingerprint density at radius 2 is 2.06 bits per heavy atom. The summed E-state index contributed by atoms with van der Waals surface area (Å²) in [5.74, 6) is 1.11. The Morgan fingerprint density at radius 3 is 2.67 bits per heavy atom. The van der Waals surface area contributed by atoms with Gasteiger partial charge in [-0.05, 0) is 32.8 Å². The zero-order chi connectivity index (χ0) is 13.6. The Labute approximate surface area is 117 Å². The Morgan fingerprint density at radius 1 is 1.33 bits per heavy atom. The molecule has 0 spiro atoms. The van der Waals surface area contributed by atoms with Crippen LogP contribution in [0.1, 0.15) is 45.2 Å². The fourth-order valence-electron chi connectivity index (χ4n) is 1.64. The Kier molecular flexibility index (Phi) is 6.24. The van der Waals surface area contributed by atoms with E-state index in [2.05, 4.69) is 64.2 Å². The van der Waals surface area contributed by atoms with Crippen molar-refractivity contribution < 1.29 is 0 Å². The summed E-state index contributed by atoms with van der Waals surface area (Å²) in [7, 11) is 0. The van der Waals surface area contributed by atoms with E-state index in [9.17, 15) is 0 Å². The van der Waals surface area contributed by atoms with Crippen molar-refractivity contribution in [1.82, 2.24) is 5.32 Å². The molecule has 1 aromatic carbocycles. The van der Waals surface area contributed by atoms with E-state index < -0.39 is 0 Å². The SMILES string of the molecule is CCC(C)(C)NCC(C)SCc1cccc(C)c1. The molecule has 1 rings (SSSR count). The van der Waals surface area contributed by atoms with Crippen molar-refractivity contribution in [2.24, 2.45) is 0 Å². The van der Waals surface area contributed by atoms with Crippen molar-refractivity contribution in [2.45, 2.75) is 57.6 Å². The standard InChI is InChI=1S/C16H27NS/c1-6-16(4,5)17-11-14(3)18-12-15-9-7-8-13(2)10-15/h7-10,14,17H,6,11-12H2,1-5H3. The largest absolute Gasteiger partial charge is 0.311 e.